The molecule has 5 atom stereocenters. The molecule has 1 fully saturated rings. The lowest BCUT2D eigenvalue weighted by atomic mass is 9.82. The first kappa shape index (κ1) is 18.5. The normalized spacial score (nSPS) is 27.2. The van der Waals surface area contributed by atoms with Gasteiger partial charge in [-0.2, -0.15) is 0 Å². The second kappa shape index (κ2) is 9.45. The van der Waals surface area contributed by atoms with Crippen LogP contribution in [0.15, 0.2) is 11.6 Å². The van der Waals surface area contributed by atoms with Crippen LogP contribution in [0.4, 0.5) is 0 Å². The van der Waals surface area contributed by atoms with Crippen molar-refractivity contribution in [3.05, 3.63) is 11.6 Å². The Morgan fingerprint density at radius 1 is 1.35 bits per heavy atom. The predicted octanol–water partition coefficient (Wildman–Crippen LogP) is 6.00. The van der Waals surface area contributed by atoms with Gasteiger partial charge in [0.2, 0.25) is 0 Å². The van der Waals surface area contributed by atoms with Crippen LogP contribution in [0, 0.1) is 29.6 Å². The van der Waals surface area contributed by atoms with Crippen molar-refractivity contribution in [2.75, 3.05) is 6.54 Å². The monoisotopic (exact) mass is 391 g/mol. The number of allylic oxidation sites excluding steroid dienone is 2. The molecule has 2 heteroatoms. The van der Waals surface area contributed by atoms with Gasteiger partial charge in [0.15, 0.2) is 0 Å². The molecule has 1 N–H and O–H groups in total. The molecule has 0 spiro atoms. The maximum atomic E-state index is 3.37. The summed E-state index contributed by atoms with van der Waals surface area (Å²) in [6.07, 6.45) is 9.23. The van der Waals surface area contributed by atoms with Crippen molar-refractivity contribution in [2.45, 2.75) is 66.7 Å². The van der Waals surface area contributed by atoms with Crippen LogP contribution in [-0.2, 0) is 0 Å². The Morgan fingerprint density at radius 2 is 2.00 bits per heavy atom. The highest BCUT2D eigenvalue weighted by Crippen LogP contribution is 2.43. The molecule has 1 rings (SSSR count). The molecular formula is C18H34IN. The van der Waals surface area contributed by atoms with Crippen molar-refractivity contribution >= 4 is 22.9 Å². The standard InChI is InChI=1S/C18H34IN/c1-6-17(7-2)15(5)13(3)8-9-16(12-20-19)11-18-10-14(18)4/h6,13-16,18,20H,7-12H2,1-5H3/b17-6-/t13?,14-,15?,16?,18?/m0/s1. The zero-order valence-corrected chi connectivity index (χ0v) is 16.2. The number of nitrogens with one attached hydrogen (secondary N) is 1. The summed E-state index contributed by atoms with van der Waals surface area (Å²) in [4.78, 5) is 0. The van der Waals surface area contributed by atoms with Crippen molar-refractivity contribution in [1.82, 2.24) is 3.53 Å². The molecule has 0 aliphatic heterocycles. The number of rotatable bonds is 10. The molecule has 0 heterocycles. The summed E-state index contributed by atoms with van der Waals surface area (Å²) >= 11 is 2.31. The third kappa shape index (κ3) is 6.05. The Balaban J connectivity index is 2.37. The van der Waals surface area contributed by atoms with E-state index >= 15 is 0 Å². The molecule has 1 saturated carbocycles. The maximum absolute atomic E-state index is 3.37. The third-order valence-electron chi connectivity index (χ3n) is 5.53. The molecule has 1 aliphatic rings. The first-order valence-corrected chi connectivity index (χ1v) is 9.59. The Bertz CT molecular complexity index is 300. The molecule has 0 amide bonds. The summed E-state index contributed by atoms with van der Waals surface area (Å²) in [5.41, 5.74) is 1.64. The lowest BCUT2D eigenvalue weighted by Gasteiger charge is -2.25. The van der Waals surface area contributed by atoms with Gasteiger partial charge in [-0.25, -0.2) is 0 Å². The largest absolute Gasteiger partial charge is 0.261 e. The predicted molar refractivity (Wildman–Crippen MR) is 99.0 cm³/mol. The van der Waals surface area contributed by atoms with Gasteiger partial charge in [0, 0.05) is 29.4 Å². The van der Waals surface area contributed by atoms with Gasteiger partial charge in [0.1, 0.15) is 0 Å². The summed E-state index contributed by atoms with van der Waals surface area (Å²) in [5.74, 6) is 4.47. The van der Waals surface area contributed by atoms with Crippen LogP contribution >= 0.6 is 22.9 Å². The van der Waals surface area contributed by atoms with E-state index in [1.165, 1.54) is 38.6 Å². The van der Waals surface area contributed by atoms with Crippen molar-refractivity contribution in [3.63, 3.8) is 0 Å². The molecule has 1 nitrogen and oxygen atoms in total. The highest BCUT2D eigenvalue weighted by Gasteiger charge is 2.34. The second-order valence-electron chi connectivity index (χ2n) is 6.97. The van der Waals surface area contributed by atoms with Crippen LogP contribution in [0.5, 0.6) is 0 Å². The van der Waals surface area contributed by atoms with Crippen LogP contribution in [0.2, 0.25) is 0 Å². The van der Waals surface area contributed by atoms with Crippen LogP contribution in [0.25, 0.3) is 0 Å². The molecule has 0 aromatic heterocycles. The number of halogens is 1. The Labute approximate surface area is 140 Å². The maximum Gasteiger partial charge on any atom is 0.0169 e. The fourth-order valence-electron chi connectivity index (χ4n) is 3.47. The molecule has 0 bridgehead atoms. The molecule has 118 valence electrons. The topological polar surface area (TPSA) is 12.0 Å². The third-order valence-corrected chi connectivity index (χ3v) is 5.97. The van der Waals surface area contributed by atoms with Crippen LogP contribution in [-0.4, -0.2) is 6.54 Å². The van der Waals surface area contributed by atoms with E-state index in [2.05, 4.69) is 67.1 Å². The Morgan fingerprint density at radius 3 is 2.45 bits per heavy atom. The number of hydrogen-bond donors (Lipinski definition) is 1. The minimum atomic E-state index is 0.748. The van der Waals surface area contributed by atoms with Crippen molar-refractivity contribution < 1.29 is 0 Å². The first-order valence-electron chi connectivity index (χ1n) is 8.51. The SMILES string of the molecule is C/C=C(/CC)C(C)C(C)CCC(CNI)CC1C[C@@H]1C. The van der Waals surface area contributed by atoms with Crippen molar-refractivity contribution in [1.29, 1.82) is 0 Å². The van der Waals surface area contributed by atoms with E-state index in [-0.39, 0.29) is 0 Å². The lowest BCUT2D eigenvalue weighted by molar-refractivity contribution is 0.331. The molecule has 20 heavy (non-hydrogen) atoms. The quantitative estimate of drug-likeness (QED) is 0.274. The summed E-state index contributed by atoms with van der Waals surface area (Å²) in [6.45, 7) is 12.9. The van der Waals surface area contributed by atoms with Gasteiger partial charge in [-0.1, -0.05) is 39.3 Å². The highest BCUT2D eigenvalue weighted by molar-refractivity contribution is 14.1. The van der Waals surface area contributed by atoms with E-state index in [0.717, 1.165) is 29.6 Å². The Kier molecular flexibility index (Phi) is 8.73. The molecule has 0 radical (unpaired) electrons. The minimum Gasteiger partial charge on any atom is -0.261 e. The van der Waals surface area contributed by atoms with Gasteiger partial charge in [0.25, 0.3) is 0 Å². The lowest BCUT2D eigenvalue weighted by Crippen LogP contribution is -2.18. The summed E-state index contributed by atoms with van der Waals surface area (Å²) in [7, 11) is 0. The second-order valence-corrected chi connectivity index (χ2v) is 7.74. The van der Waals surface area contributed by atoms with E-state index in [1.54, 1.807) is 5.57 Å². The van der Waals surface area contributed by atoms with E-state index in [4.69, 9.17) is 0 Å². The molecule has 4 unspecified atom stereocenters. The van der Waals surface area contributed by atoms with Crippen molar-refractivity contribution in [3.8, 4) is 0 Å². The van der Waals surface area contributed by atoms with Gasteiger partial charge in [-0.05, 0) is 68.6 Å². The van der Waals surface area contributed by atoms with Gasteiger partial charge in [-0.15, -0.1) is 0 Å². The van der Waals surface area contributed by atoms with E-state index in [0.29, 0.717) is 0 Å². The van der Waals surface area contributed by atoms with E-state index in [1.807, 2.05) is 0 Å². The van der Waals surface area contributed by atoms with E-state index < -0.39 is 0 Å². The van der Waals surface area contributed by atoms with E-state index in [9.17, 15) is 0 Å². The van der Waals surface area contributed by atoms with Gasteiger partial charge >= 0.3 is 0 Å². The smallest absolute Gasteiger partial charge is 0.0169 e. The average molecular weight is 391 g/mol. The first-order chi connectivity index (χ1) is 9.53. The van der Waals surface area contributed by atoms with Gasteiger partial charge in [0.05, 0.1) is 0 Å². The molecular weight excluding hydrogens is 357 g/mol. The van der Waals surface area contributed by atoms with Crippen LogP contribution in [0.1, 0.15) is 66.7 Å². The molecule has 1 aliphatic carbocycles. The van der Waals surface area contributed by atoms with Crippen LogP contribution < -0.4 is 3.53 Å². The Hall–Kier alpha value is 0.430. The fraction of sp³-hybridized carbons (Fsp3) is 0.889. The number of hydrogen-bond acceptors (Lipinski definition) is 1. The molecule has 0 aromatic carbocycles. The average Bonchev–Trinajstić information content (AvgIpc) is 3.12. The van der Waals surface area contributed by atoms with Crippen LogP contribution in [0.3, 0.4) is 0 Å². The van der Waals surface area contributed by atoms with Crippen molar-refractivity contribution in [2.24, 2.45) is 29.6 Å². The zero-order valence-electron chi connectivity index (χ0n) is 14.1. The molecule has 0 saturated heterocycles. The molecule has 0 aromatic rings. The highest BCUT2D eigenvalue weighted by atomic mass is 127. The summed E-state index contributed by atoms with van der Waals surface area (Å²) in [6, 6.07) is 0. The summed E-state index contributed by atoms with van der Waals surface area (Å²) in [5, 5.41) is 0. The van der Waals surface area contributed by atoms with Gasteiger partial charge < -0.3 is 0 Å². The summed E-state index contributed by atoms with van der Waals surface area (Å²) < 4.78 is 3.37. The fourth-order valence-corrected chi connectivity index (χ4v) is 4.09. The minimum absolute atomic E-state index is 0.748. The van der Waals surface area contributed by atoms with Gasteiger partial charge in [-0.3, -0.25) is 3.53 Å². The zero-order chi connectivity index (χ0) is 15.1.